The minimum atomic E-state index is 0.204. The number of H-pyrrole nitrogens is 1. The molecule has 1 N–H and O–H groups in total. The minimum Gasteiger partial charge on any atom is -0.497 e. The number of carbonyl (C=O) groups excluding carboxylic acids is 1. The number of thioether (sulfide) groups is 1. The quantitative estimate of drug-likeness (QED) is 0.856. The van der Waals surface area contributed by atoms with Gasteiger partial charge in [-0.1, -0.05) is 6.07 Å². The Balaban J connectivity index is 1.48. The molecule has 1 amide bonds. The van der Waals surface area contributed by atoms with Gasteiger partial charge in [0, 0.05) is 36.3 Å². The molecule has 0 atom stereocenters. The molecule has 2 aromatic rings. The molecule has 23 heavy (non-hydrogen) atoms. The van der Waals surface area contributed by atoms with E-state index in [0.29, 0.717) is 11.7 Å². The highest BCUT2D eigenvalue weighted by atomic mass is 32.2. The van der Waals surface area contributed by atoms with Crippen LogP contribution in [0.3, 0.4) is 0 Å². The largest absolute Gasteiger partial charge is 0.497 e. The molecular formula is C17H21N3O2S. The summed E-state index contributed by atoms with van der Waals surface area (Å²) in [7, 11) is 1.65. The van der Waals surface area contributed by atoms with E-state index in [4.69, 9.17) is 4.74 Å². The number of carbonyl (C=O) groups is 1. The molecule has 0 saturated carbocycles. The maximum Gasteiger partial charge on any atom is 0.232 e. The van der Waals surface area contributed by atoms with Gasteiger partial charge in [0.25, 0.3) is 0 Å². The van der Waals surface area contributed by atoms with Gasteiger partial charge in [-0.3, -0.25) is 4.79 Å². The molecule has 5 nitrogen and oxygen atoms in total. The van der Waals surface area contributed by atoms with Crippen molar-refractivity contribution in [2.24, 2.45) is 0 Å². The number of methoxy groups -OCH3 is 1. The molecule has 122 valence electrons. The summed E-state index contributed by atoms with van der Waals surface area (Å²) in [5, 5.41) is 0. The second kappa shape index (κ2) is 7.55. The van der Waals surface area contributed by atoms with Gasteiger partial charge in [0.2, 0.25) is 5.91 Å². The van der Waals surface area contributed by atoms with E-state index >= 15 is 0 Å². The number of rotatable bonds is 5. The summed E-state index contributed by atoms with van der Waals surface area (Å²) in [6.07, 6.45) is 5.60. The number of aromatic nitrogens is 2. The average Bonchev–Trinajstić information content (AvgIpc) is 3.14. The first-order chi connectivity index (χ1) is 11.3. The van der Waals surface area contributed by atoms with Gasteiger partial charge in [0.05, 0.1) is 12.9 Å². The Labute approximate surface area is 140 Å². The lowest BCUT2D eigenvalue weighted by Crippen LogP contribution is -2.39. The molecular weight excluding hydrogens is 310 g/mol. The summed E-state index contributed by atoms with van der Waals surface area (Å²) in [5.74, 6) is 2.99. The van der Waals surface area contributed by atoms with Crippen LogP contribution in [0.25, 0.3) is 0 Å². The van der Waals surface area contributed by atoms with Crippen LogP contribution >= 0.6 is 11.8 Å². The van der Waals surface area contributed by atoms with Crippen molar-refractivity contribution < 1.29 is 9.53 Å². The maximum atomic E-state index is 12.4. The Bertz CT molecular complexity index is 637. The van der Waals surface area contributed by atoms with E-state index < -0.39 is 0 Å². The van der Waals surface area contributed by atoms with Gasteiger partial charge < -0.3 is 14.6 Å². The van der Waals surface area contributed by atoms with Crippen LogP contribution in [0.5, 0.6) is 5.75 Å². The fraction of sp³-hybridized carbons (Fsp3) is 0.412. The van der Waals surface area contributed by atoms with Crippen LogP contribution in [-0.2, 0) is 4.79 Å². The Kier molecular flexibility index (Phi) is 5.23. The molecule has 0 aliphatic carbocycles. The number of amides is 1. The fourth-order valence-corrected chi connectivity index (χ4v) is 3.68. The van der Waals surface area contributed by atoms with Crippen LogP contribution < -0.4 is 4.74 Å². The van der Waals surface area contributed by atoms with Crippen LogP contribution in [0.2, 0.25) is 0 Å². The number of benzene rings is 1. The van der Waals surface area contributed by atoms with Gasteiger partial charge in [-0.05, 0) is 31.0 Å². The molecule has 1 fully saturated rings. The number of aromatic amines is 1. The van der Waals surface area contributed by atoms with Crippen LogP contribution in [0.4, 0.5) is 0 Å². The van der Waals surface area contributed by atoms with E-state index in [-0.39, 0.29) is 5.91 Å². The van der Waals surface area contributed by atoms with Crippen molar-refractivity contribution in [1.29, 1.82) is 0 Å². The Morgan fingerprint density at radius 2 is 2.26 bits per heavy atom. The molecule has 0 unspecified atom stereocenters. The average molecular weight is 331 g/mol. The SMILES string of the molecule is COc1cccc(SCC(=O)N2CCC(c3ncc[nH]3)CC2)c1. The van der Waals surface area contributed by atoms with Crippen molar-refractivity contribution in [2.75, 3.05) is 26.0 Å². The van der Waals surface area contributed by atoms with Crippen molar-refractivity contribution >= 4 is 17.7 Å². The fourth-order valence-electron chi connectivity index (χ4n) is 2.83. The van der Waals surface area contributed by atoms with Gasteiger partial charge in [-0.15, -0.1) is 11.8 Å². The molecule has 1 aliphatic heterocycles. The zero-order chi connectivity index (χ0) is 16.1. The molecule has 0 spiro atoms. The first kappa shape index (κ1) is 15.9. The molecule has 0 radical (unpaired) electrons. The van der Waals surface area contributed by atoms with Crippen LogP contribution in [0.15, 0.2) is 41.6 Å². The van der Waals surface area contributed by atoms with E-state index in [9.17, 15) is 4.79 Å². The number of hydrogen-bond donors (Lipinski definition) is 1. The number of ether oxygens (including phenoxy) is 1. The van der Waals surface area contributed by atoms with Crippen molar-refractivity contribution in [3.05, 3.63) is 42.5 Å². The Hall–Kier alpha value is -1.95. The molecule has 1 saturated heterocycles. The summed E-state index contributed by atoms with van der Waals surface area (Å²) in [6, 6.07) is 7.82. The number of piperidine rings is 1. The molecule has 1 aliphatic rings. The van der Waals surface area contributed by atoms with Crippen LogP contribution in [0.1, 0.15) is 24.6 Å². The van der Waals surface area contributed by atoms with E-state index in [1.54, 1.807) is 25.1 Å². The summed E-state index contributed by atoms with van der Waals surface area (Å²) in [5.41, 5.74) is 0. The molecule has 2 heterocycles. The molecule has 3 rings (SSSR count). The second-order valence-corrected chi connectivity index (χ2v) is 6.65. The third-order valence-electron chi connectivity index (χ3n) is 4.16. The predicted octanol–water partition coefficient (Wildman–Crippen LogP) is 2.92. The van der Waals surface area contributed by atoms with Gasteiger partial charge in [0.15, 0.2) is 0 Å². The highest BCUT2D eigenvalue weighted by Crippen LogP contribution is 2.27. The van der Waals surface area contributed by atoms with E-state index in [1.165, 1.54) is 0 Å². The first-order valence-electron chi connectivity index (χ1n) is 7.80. The van der Waals surface area contributed by atoms with Crippen LogP contribution in [-0.4, -0.2) is 46.7 Å². The van der Waals surface area contributed by atoms with Gasteiger partial charge in [-0.25, -0.2) is 4.98 Å². The lowest BCUT2D eigenvalue weighted by molar-refractivity contribution is -0.129. The number of nitrogens with zero attached hydrogens (tertiary/aromatic N) is 2. The number of nitrogens with one attached hydrogen (secondary N) is 1. The van der Waals surface area contributed by atoms with E-state index in [1.807, 2.05) is 35.4 Å². The first-order valence-corrected chi connectivity index (χ1v) is 8.78. The van der Waals surface area contributed by atoms with Gasteiger partial charge in [-0.2, -0.15) is 0 Å². The third kappa shape index (κ3) is 4.07. The van der Waals surface area contributed by atoms with Crippen LogP contribution in [0, 0.1) is 0 Å². The van der Waals surface area contributed by atoms with Crippen molar-refractivity contribution in [3.63, 3.8) is 0 Å². The molecule has 1 aromatic carbocycles. The van der Waals surface area contributed by atoms with Crippen molar-refractivity contribution in [2.45, 2.75) is 23.7 Å². The Morgan fingerprint density at radius 3 is 2.96 bits per heavy atom. The lowest BCUT2D eigenvalue weighted by Gasteiger charge is -2.31. The molecule has 0 bridgehead atoms. The summed E-state index contributed by atoms with van der Waals surface area (Å²) in [6.45, 7) is 1.62. The lowest BCUT2D eigenvalue weighted by atomic mass is 9.96. The standard InChI is InChI=1S/C17H21N3O2S/c1-22-14-3-2-4-15(11-14)23-12-16(21)20-9-5-13(6-10-20)17-18-7-8-19-17/h2-4,7-8,11,13H,5-6,9-10,12H2,1H3,(H,18,19). The summed E-state index contributed by atoms with van der Waals surface area (Å²) >= 11 is 1.56. The van der Waals surface area contributed by atoms with E-state index in [0.717, 1.165) is 42.4 Å². The number of likely N-dealkylation sites (tertiary alicyclic amines) is 1. The molecule has 1 aromatic heterocycles. The summed E-state index contributed by atoms with van der Waals surface area (Å²) in [4.78, 5) is 22.9. The zero-order valence-electron chi connectivity index (χ0n) is 13.2. The zero-order valence-corrected chi connectivity index (χ0v) is 14.0. The second-order valence-electron chi connectivity index (χ2n) is 5.60. The number of imidazole rings is 1. The van der Waals surface area contributed by atoms with Crippen molar-refractivity contribution in [3.8, 4) is 5.75 Å². The highest BCUT2D eigenvalue weighted by molar-refractivity contribution is 8.00. The van der Waals surface area contributed by atoms with Crippen molar-refractivity contribution in [1.82, 2.24) is 14.9 Å². The van der Waals surface area contributed by atoms with Gasteiger partial charge in [0.1, 0.15) is 11.6 Å². The maximum absolute atomic E-state index is 12.4. The Morgan fingerprint density at radius 1 is 1.43 bits per heavy atom. The number of hydrogen-bond acceptors (Lipinski definition) is 4. The predicted molar refractivity (Wildman–Crippen MR) is 90.9 cm³/mol. The topological polar surface area (TPSA) is 58.2 Å². The summed E-state index contributed by atoms with van der Waals surface area (Å²) < 4.78 is 5.21. The monoisotopic (exact) mass is 331 g/mol. The third-order valence-corrected chi connectivity index (χ3v) is 5.14. The molecule has 6 heteroatoms. The normalized spacial score (nSPS) is 15.6. The smallest absolute Gasteiger partial charge is 0.232 e. The highest BCUT2D eigenvalue weighted by Gasteiger charge is 2.24. The van der Waals surface area contributed by atoms with E-state index in [2.05, 4.69) is 9.97 Å². The minimum absolute atomic E-state index is 0.204. The van der Waals surface area contributed by atoms with Gasteiger partial charge >= 0.3 is 0 Å².